The van der Waals surface area contributed by atoms with Crippen molar-refractivity contribution in [3.63, 3.8) is 0 Å². The van der Waals surface area contributed by atoms with Crippen LogP contribution in [0.25, 0.3) is 0 Å². The van der Waals surface area contributed by atoms with Crippen molar-refractivity contribution in [2.24, 2.45) is 0 Å². The summed E-state index contributed by atoms with van der Waals surface area (Å²) in [5, 5.41) is 9.13. The normalized spacial score (nSPS) is 17.3. The molecule has 2 rings (SSSR count). The van der Waals surface area contributed by atoms with Gasteiger partial charge in [0.1, 0.15) is 0 Å². The van der Waals surface area contributed by atoms with E-state index < -0.39 is 0 Å². The van der Waals surface area contributed by atoms with Crippen molar-refractivity contribution in [2.45, 2.75) is 38.1 Å². The molecular formula is C12H19N3O. The first-order chi connectivity index (χ1) is 7.92. The van der Waals surface area contributed by atoms with Crippen LogP contribution in [0.5, 0.6) is 0 Å². The van der Waals surface area contributed by atoms with Gasteiger partial charge in [0, 0.05) is 25.0 Å². The van der Waals surface area contributed by atoms with Gasteiger partial charge in [-0.05, 0) is 18.9 Å². The van der Waals surface area contributed by atoms with Gasteiger partial charge in [0.05, 0.1) is 6.61 Å². The van der Waals surface area contributed by atoms with Gasteiger partial charge in [-0.2, -0.15) is 0 Å². The fourth-order valence-corrected chi connectivity index (χ4v) is 2.39. The van der Waals surface area contributed by atoms with Crippen LogP contribution in [-0.2, 0) is 0 Å². The van der Waals surface area contributed by atoms with Crippen molar-refractivity contribution in [3.05, 3.63) is 18.5 Å². The first-order valence-electron chi connectivity index (χ1n) is 6.06. The molecule has 0 unspecified atom stereocenters. The maximum Gasteiger partial charge on any atom is 0.225 e. The third-order valence-electron chi connectivity index (χ3n) is 3.17. The Bertz CT molecular complexity index is 298. The van der Waals surface area contributed by atoms with E-state index in [1.165, 1.54) is 32.1 Å². The van der Waals surface area contributed by atoms with Gasteiger partial charge < -0.3 is 10.0 Å². The summed E-state index contributed by atoms with van der Waals surface area (Å²) in [6.07, 6.45) is 9.79. The summed E-state index contributed by atoms with van der Waals surface area (Å²) < 4.78 is 0. The molecular weight excluding hydrogens is 202 g/mol. The molecule has 0 saturated heterocycles. The van der Waals surface area contributed by atoms with Gasteiger partial charge in [-0.1, -0.05) is 19.3 Å². The van der Waals surface area contributed by atoms with Crippen molar-refractivity contribution in [1.29, 1.82) is 0 Å². The van der Waals surface area contributed by atoms with Crippen molar-refractivity contribution < 1.29 is 5.11 Å². The quantitative estimate of drug-likeness (QED) is 0.839. The maximum absolute atomic E-state index is 9.13. The molecule has 1 aromatic rings. The molecule has 1 aromatic heterocycles. The summed E-state index contributed by atoms with van der Waals surface area (Å²) in [4.78, 5) is 10.7. The van der Waals surface area contributed by atoms with Gasteiger partial charge in [0.2, 0.25) is 5.95 Å². The standard InChI is InChI=1S/C12H19N3O/c16-10-9-15(11-5-2-1-3-6-11)12-13-7-4-8-14-12/h4,7-8,11,16H,1-3,5-6,9-10H2. The highest BCUT2D eigenvalue weighted by Crippen LogP contribution is 2.24. The largest absolute Gasteiger partial charge is 0.395 e. The lowest BCUT2D eigenvalue weighted by molar-refractivity contribution is 0.288. The van der Waals surface area contributed by atoms with Gasteiger partial charge in [-0.15, -0.1) is 0 Å². The van der Waals surface area contributed by atoms with Gasteiger partial charge >= 0.3 is 0 Å². The summed E-state index contributed by atoms with van der Waals surface area (Å²) >= 11 is 0. The minimum absolute atomic E-state index is 0.161. The molecule has 1 aliphatic rings. The smallest absolute Gasteiger partial charge is 0.225 e. The highest BCUT2D eigenvalue weighted by molar-refractivity contribution is 5.30. The molecule has 0 aliphatic heterocycles. The first kappa shape index (κ1) is 11.3. The minimum atomic E-state index is 0.161. The highest BCUT2D eigenvalue weighted by Gasteiger charge is 2.22. The minimum Gasteiger partial charge on any atom is -0.395 e. The molecule has 1 heterocycles. The maximum atomic E-state index is 9.13. The topological polar surface area (TPSA) is 49.2 Å². The Kier molecular flexibility index (Phi) is 4.10. The summed E-state index contributed by atoms with van der Waals surface area (Å²) in [5.41, 5.74) is 0. The lowest BCUT2D eigenvalue weighted by atomic mass is 9.94. The van der Waals surface area contributed by atoms with E-state index in [2.05, 4.69) is 14.9 Å². The van der Waals surface area contributed by atoms with Gasteiger partial charge in [-0.25, -0.2) is 9.97 Å². The number of hydrogen-bond acceptors (Lipinski definition) is 4. The molecule has 1 saturated carbocycles. The Hall–Kier alpha value is -1.16. The van der Waals surface area contributed by atoms with Gasteiger partial charge in [0.25, 0.3) is 0 Å². The molecule has 1 aliphatic carbocycles. The van der Waals surface area contributed by atoms with Crippen LogP contribution >= 0.6 is 0 Å². The lowest BCUT2D eigenvalue weighted by Crippen LogP contribution is -2.39. The van der Waals surface area contributed by atoms with E-state index in [1.54, 1.807) is 12.4 Å². The summed E-state index contributed by atoms with van der Waals surface area (Å²) in [7, 11) is 0. The average Bonchev–Trinajstić information content (AvgIpc) is 2.38. The van der Waals surface area contributed by atoms with Crippen LogP contribution in [0.1, 0.15) is 32.1 Å². The van der Waals surface area contributed by atoms with E-state index in [-0.39, 0.29) is 6.61 Å². The SMILES string of the molecule is OCCN(c1ncccn1)C1CCCCC1. The van der Waals surface area contributed by atoms with Gasteiger partial charge in [0.15, 0.2) is 0 Å². The molecule has 0 radical (unpaired) electrons. The van der Waals surface area contributed by atoms with E-state index >= 15 is 0 Å². The number of aromatic nitrogens is 2. The number of anilines is 1. The van der Waals surface area contributed by atoms with E-state index in [0.717, 1.165) is 5.95 Å². The molecule has 0 spiro atoms. The zero-order chi connectivity index (χ0) is 11.2. The van der Waals surface area contributed by atoms with Crippen LogP contribution in [0.15, 0.2) is 18.5 Å². The Labute approximate surface area is 96.3 Å². The van der Waals surface area contributed by atoms with E-state index in [4.69, 9.17) is 5.11 Å². The zero-order valence-corrected chi connectivity index (χ0v) is 9.55. The second-order valence-corrected chi connectivity index (χ2v) is 4.26. The van der Waals surface area contributed by atoms with Crippen molar-refractivity contribution >= 4 is 5.95 Å². The van der Waals surface area contributed by atoms with Crippen molar-refractivity contribution in [3.8, 4) is 0 Å². The Balaban J connectivity index is 2.09. The Morgan fingerprint density at radius 1 is 1.19 bits per heavy atom. The van der Waals surface area contributed by atoms with Crippen LogP contribution < -0.4 is 4.90 Å². The first-order valence-corrected chi connectivity index (χ1v) is 6.06. The predicted octanol–water partition coefficient (Wildman–Crippen LogP) is 1.61. The van der Waals surface area contributed by atoms with Crippen LogP contribution in [0.3, 0.4) is 0 Å². The zero-order valence-electron chi connectivity index (χ0n) is 9.55. The highest BCUT2D eigenvalue weighted by atomic mass is 16.3. The molecule has 1 N–H and O–H groups in total. The number of nitrogens with zero attached hydrogens (tertiary/aromatic N) is 3. The molecule has 0 atom stereocenters. The molecule has 4 nitrogen and oxygen atoms in total. The third-order valence-corrected chi connectivity index (χ3v) is 3.17. The predicted molar refractivity (Wildman–Crippen MR) is 63.3 cm³/mol. The number of rotatable bonds is 4. The number of aliphatic hydroxyl groups excluding tert-OH is 1. The molecule has 88 valence electrons. The van der Waals surface area contributed by atoms with Gasteiger partial charge in [-0.3, -0.25) is 0 Å². The van der Waals surface area contributed by atoms with Crippen LogP contribution in [-0.4, -0.2) is 34.3 Å². The third kappa shape index (κ3) is 2.70. The number of aliphatic hydroxyl groups is 1. The molecule has 1 fully saturated rings. The van der Waals surface area contributed by atoms with Crippen LogP contribution in [0.2, 0.25) is 0 Å². The molecule has 0 bridgehead atoms. The fraction of sp³-hybridized carbons (Fsp3) is 0.667. The molecule has 4 heteroatoms. The van der Waals surface area contributed by atoms with Crippen molar-refractivity contribution in [1.82, 2.24) is 9.97 Å². The monoisotopic (exact) mass is 221 g/mol. The average molecular weight is 221 g/mol. The Morgan fingerprint density at radius 3 is 2.50 bits per heavy atom. The van der Waals surface area contributed by atoms with Crippen molar-refractivity contribution in [2.75, 3.05) is 18.1 Å². The van der Waals surface area contributed by atoms with Crippen LogP contribution in [0, 0.1) is 0 Å². The van der Waals surface area contributed by atoms with E-state index in [1.807, 2.05) is 6.07 Å². The number of hydrogen-bond donors (Lipinski definition) is 1. The lowest BCUT2D eigenvalue weighted by Gasteiger charge is -2.33. The second kappa shape index (κ2) is 5.80. The molecule has 0 aromatic carbocycles. The molecule has 0 amide bonds. The second-order valence-electron chi connectivity index (χ2n) is 4.26. The van der Waals surface area contributed by atoms with E-state index in [0.29, 0.717) is 12.6 Å². The summed E-state index contributed by atoms with van der Waals surface area (Å²) in [6.45, 7) is 0.795. The van der Waals surface area contributed by atoms with E-state index in [9.17, 15) is 0 Å². The molecule has 16 heavy (non-hydrogen) atoms. The summed E-state index contributed by atoms with van der Waals surface area (Å²) in [5.74, 6) is 0.753. The Morgan fingerprint density at radius 2 is 1.88 bits per heavy atom. The van der Waals surface area contributed by atoms with Crippen LogP contribution in [0.4, 0.5) is 5.95 Å². The summed E-state index contributed by atoms with van der Waals surface area (Å²) in [6, 6.07) is 2.32. The fourth-order valence-electron chi connectivity index (χ4n) is 2.39.